The zero-order valence-electron chi connectivity index (χ0n) is 11.5. The number of aromatic hydroxyl groups is 1. The van der Waals surface area contributed by atoms with E-state index in [1.54, 1.807) is 12.1 Å². The fourth-order valence-corrected chi connectivity index (χ4v) is 2.52. The van der Waals surface area contributed by atoms with Gasteiger partial charge in [-0.2, -0.15) is 0 Å². The van der Waals surface area contributed by atoms with Crippen LogP contribution in [0.25, 0.3) is 0 Å². The average Bonchev–Trinajstić information content (AvgIpc) is 2.48. The normalized spacial score (nSPS) is 22.1. The molecule has 1 amide bonds. The van der Waals surface area contributed by atoms with Crippen molar-refractivity contribution in [2.45, 2.75) is 31.7 Å². The largest absolute Gasteiger partial charge is 0.508 e. The number of rotatable bonds is 3. The lowest BCUT2D eigenvalue weighted by molar-refractivity contribution is -0.146. The molecule has 20 heavy (non-hydrogen) atoms. The minimum atomic E-state index is -0.159. The van der Waals surface area contributed by atoms with Crippen molar-refractivity contribution in [1.82, 2.24) is 5.32 Å². The van der Waals surface area contributed by atoms with Crippen molar-refractivity contribution in [3.05, 3.63) is 29.8 Å². The zero-order chi connectivity index (χ0) is 14.5. The Morgan fingerprint density at radius 1 is 1.15 bits per heavy atom. The van der Waals surface area contributed by atoms with Crippen molar-refractivity contribution in [2.24, 2.45) is 5.92 Å². The Hall–Kier alpha value is -2.04. The van der Waals surface area contributed by atoms with E-state index >= 15 is 0 Å². The molecule has 1 aliphatic rings. The molecule has 0 heterocycles. The second kappa shape index (κ2) is 6.41. The molecule has 0 aliphatic heterocycles. The Labute approximate surface area is 117 Å². The monoisotopic (exact) mass is 277 g/mol. The molecular formula is C15H19NO4. The number of carbonyl (C=O) groups is 2. The maximum atomic E-state index is 12.0. The summed E-state index contributed by atoms with van der Waals surface area (Å²) in [6.07, 6.45) is 3.05. The molecule has 108 valence electrons. The summed E-state index contributed by atoms with van der Waals surface area (Å²) in [6, 6.07) is 6.25. The minimum Gasteiger partial charge on any atom is -0.508 e. The van der Waals surface area contributed by atoms with Crippen LogP contribution in [0, 0.1) is 5.92 Å². The zero-order valence-corrected chi connectivity index (χ0v) is 11.5. The number of benzene rings is 1. The van der Waals surface area contributed by atoms with Crippen molar-refractivity contribution >= 4 is 11.9 Å². The summed E-state index contributed by atoms with van der Waals surface area (Å²) in [5.41, 5.74) is 0.526. The van der Waals surface area contributed by atoms with Gasteiger partial charge in [-0.3, -0.25) is 9.59 Å². The van der Waals surface area contributed by atoms with Crippen LogP contribution in [0.3, 0.4) is 0 Å². The molecule has 0 radical (unpaired) electrons. The Balaban J connectivity index is 1.85. The van der Waals surface area contributed by atoms with Crippen molar-refractivity contribution in [1.29, 1.82) is 0 Å². The quantitative estimate of drug-likeness (QED) is 0.827. The summed E-state index contributed by atoms with van der Waals surface area (Å²) in [7, 11) is 1.40. The van der Waals surface area contributed by atoms with Gasteiger partial charge in [-0.25, -0.2) is 0 Å². The van der Waals surface area contributed by atoms with E-state index in [1.807, 2.05) is 0 Å². The van der Waals surface area contributed by atoms with Gasteiger partial charge in [-0.1, -0.05) is 0 Å². The van der Waals surface area contributed by atoms with Crippen LogP contribution in [0.15, 0.2) is 24.3 Å². The van der Waals surface area contributed by atoms with Gasteiger partial charge in [0.2, 0.25) is 0 Å². The molecule has 2 N–H and O–H groups in total. The molecular weight excluding hydrogens is 258 g/mol. The Morgan fingerprint density at radius 2 is 1.75 bits per heavy atom. The average molecular weight is 277 g/mol. The lowest BCUT2D eigenvalue weighted by Crippen LogP contribution is -2.38. The van der Waals surface area contributed by atoms with E-state index in [2.05, 4.69) is 5.32 Å². The first kappa shape index (κ1) is 14.4. The predicted molar refractivity (Wildman–Crippen MR) is 73.3 cm³/mol. The third-order valence-electron chi connectivity index (χ3n) is 3.73. The first-order chi connectivity index (χ1) is 9.60. The Kier molecular flexibility index (Phi) is 4.61. The molecule has 0 saturated heterocycles. The van der Waals surface area contributed by atoms with Crippen molar-refractivity contribution < 1.29 is 19.4 Å². The number of carbonyl (C=O) groups excluding carboxylic acids is 2. The predicted octanol–water partition coefficient (Wildman–Crippen LogP) is 1.85. The summed E-state index contributed by atoms with van der Waals surface area (Å²) in [4.78, 5) is 23.4. The highest BCUT2D eigenvalue weighted by atomic mass is 16.5. The van der Waals surface area contributed by atoms with Gasteiger partial charge in [0.25, 0.3) is 5.91 Å². The molecule has 1 saturated carbocycles. The maximum absolute atomic E-state index is 12.0. The number of methoxy groups -OCH3 is 1. The van der Waals surface area contributed by atoms with Crippen molar-refractivity contribution in [2.75, 3.05) is 7.11 Å². The molecule has 0 atom stereocenters. The standard InChI is InChI=1S/C15H19NO4/c1-20-15(19)11-2-6-12(7-3-11)16-14(18)10-4-8-13(17)9-5-10/h4-5,8-9,11-12,17H,2-3,6-7H2,1H3,(H,16,18). The molecule has 0 unspecified atom stereocenters. The lowest BCUT2D eigenvalue weighted by atomic mass is 9.86. The molecule has 5 heteroatoms. The molecule has 1 fully saturated rings. The van der Waals surface area contributed by atoms with Crippen LogP contribution in [0.2, 0.25) is 0 Å². The number of phenols is 1. The van der Waals surface area contributed by atoms with E-state index in [-0.39, 0.29) is 29.6 Å². The highest BCUT2D eigenvalue weighted by Gasteiger charge is 2.27. The summed E-state index contributed by atoms with van der Waals surface area (Å²) in [5, 5.41) is 12.1. The fraction of sp³-hybridized carbons (Fsp3) is 0.467. The number of hydrogen-bond donors (Lipinski definition) is 2. The van der Waals surface area contributed by atoms with E-state index in [0.717, 1.165) is 25.7 Å². The molecule has 0 aromatic heterocycles. The smallest absolute Gasteiger partial charge is 0.308 e. The second-order valence-electron chi connectivity index (χ2n) is 5.09. The number of esters is 1. The van der Waals surface area contributed by atoms with Crippen LogP contribution in [0.4, 0.5) is 0 Å². The summed E-state index contributed by atoms with van der Waals surface area (Å²) in [5.74, 6) is -0.207. The first-order valence-electron chi connectivity index (χ1n) is 6.78. The third kappa shape index (κ3) is 3.50. The molecule has 1 aliphatic carbocycles. The maximum Gasteiger partial charge on any atom is 0.308 e. The number of hydrogen-bond acceptors (Lipinski definition) is 4. The van der Waals surface area contributed by atoms with Gasteiger partial charge in [0.1, 0.15) is 5.75 Å². The van der Waals surface area contributed by atoms with Crippen LogP contribution >= 0.6 is 0 Å². The van der Waals surface area contributed by atoms with Gasteiger partial charge < -0.3 is 15.2 Å². The van der Waals surface area contributed by atoms with E-state index < -0.39 is 0 Å². The van der Waals surface area contributed by atoms with Crippen molar-refractivity contribution in [3.63, 3.8) is 0 Å². The number of ether oxygens (including phenoxy) is 1. The topological polar surface area (TPSA) is 75.6 Å². The van der Waals surface area contributed by atoms with Gasteiger partial charge in [0, 0.05) is 11.6 Å². The van der Waals surface area contributed by atoms with Gasteiger partial charge in [0.05, 0.1) is 13.0 Å². The van der Waals surface area contributed by atoms with Gasteiger partial charge in [-0.05, 0) is 49.9 Å². The second-order valence-corrected chi connectivity index (χ2v) is 5.09. The SMILES string of the molecule is COC(=O)C1CCC(NC(=O)c2ccc(O)cc2)CC1. The van der Waals surface area contributed by atoms with E-state index in [9.17, 15) is 14.7 Å². The molecule has 1 aromatic rings. The summed E-state index contributed by atoms with van der Waals surface area (Å²) >= 11 is 0. The van der Waals surface area contributed by atoms with Crippen molar-refractivity contribution in [3.8, 4) is 5.75 Å². The highest BCUT2D eigenvalue weighted by molar-refractivity contribution is 5.94. The van der Waals surface area contributed by atoms with E-state index in [0.29, 0.717) is 5.56 Å². The summed E-state index contributed by atoms with van der Waals surface area (Å²) in [6.45, 7) is 0. The third-order valence-corrected chi connectivity index (χ3v) is 3.73. The number of nitrogens with one attached hydrogen (secondary N) is 1. The molecule has 0 bridgehead atoms. The molecule has 2 rings (SSSR count). The molecule has 5 nitrogen and oxygen atoms in total. The molecule has 0 spiro atoms. The van der Waals surface area contributed by atoms with Gasteiger partial charge >= 0.3 is 5.97 Å². The van der Waals surface area contributed by atoms with Crippen LogP contribution in [-0.2, 0) is 9.53 Å². The van der Waals surface area contributed by atoms with Gasteiger partial charge in [-0.15, -0.1) is 0 Å². The summed E-state index contributed by atoms with van der Waals surface area (Å²) < 4.78 is 4.74. The van der Waals surface area contributed by atoms with E-state index in [1.165, 1.54) is 19.2 Å². The highest BCUT2D eigenvalue weighted by Crippen LogP contribution is 2.25. The number of phenolic OH excluding ortho intramolecular Hbond substituents is 1. The van der Waals surface area contributed by atoms with Crippen LogP contribution in [0.5, 0.6) is 5.75 Å². The lowest BCUT2D eigenvalue weighted by Gasteiger charge is -2.27. The minimum absolute atomic E-state index is 0.0400. The molecule has 1 aromatic carbocycles. The fourth-order valence-electron chi connectivity index (χ4n) is 2.52. The first-order valence-corrected chi connectivity index (χ1v) is 6.78. The number of amides is 1. The van der Waals surface area contributed by atoms with Crippen LogP contribution < -0.4 is 5.32 Å². The van der Waals surface area contributed by atoms with Gasteiger partial charge in [0.15, 0.2) is 0 Å². The Bertz CT molecular complexity index is 475. The van der Waals surface area contributed by atoms with E-state index in [4.69, 9.17) is 4.74 Å². The van der Waals surface area contributed by atoms with Crippen LogP contribution in [-0.4, -0.2) is 30.1 Å². The Morgan fingerprint density at radius 3 is 2.30 bits per heavy atom. The van der Waals surface area contributed by atoms with Crippen LogP contribution in [0.1, 0.15) is 36.0 Å².